The zero-order chi connectivity index (χ0) is 17.5. The van der Waals surface area contributed by atoms with Crippen LogP contribution in [0.1, 0.15) is 12.5 Å². The first-order chi connectivity index (χ1) is 11.5. The van der Waals surface area contributed by atoms with Gasteiger partial charge >= 0.3 is 0 Å². The van der Waals surface area contributed by atoms with E-state index in [2.05, 4.69) is 5.32 Å². The summed E-state index contributed by atoms with van der Waals surface area (Å²) in [5.41, 5.74) is 1.93. The number of carbonyl (C=O) groups excluding carboxylic acids is 1. The van der Waals surface area contributed by atoms with Gasteiger partial charge in [0.1, 0.15) is 12.4 Å². The fourth-order valence-electron chi connectivity index (χ4n) is 2.20. The van der Waals surface area contributed by atoms with Crippen molar-refractivity contribution in [1.82, 2.24) is 4.90 Å². The largest absolute Gasteiger partial charge is 0.492 e. The number of anilines is 1. The van der Waals surface area contributed by atoms with Crippen molar-refractivity contribution in [3.05, 3.63) is 59.1 Å². The monoisotopic (exact) mass is 346 g/mol. The van der Waals surface area contributed by atoms with Crippen molar-refractivity contribution in [3.63, 3.8) is 0 Å². The summed E-state index contributed by atoms with van der Waals surface area (Å²) in [7, 11) is 1.91. The van der Waals surface area contributed by atoms with Gasteiger partial charge in [-0.05, 0) is 62.9 Å². The van der Waals surface area contributed by atoms with Gasteiger partial charge in [-0.3, -0.25) is 9.69 Å². The first-order valence-corrected chi connectivity index (χ1v) is 8.29. The van der Waals surface area contributed by atoms with Gasteiger partial charge < -0.3 is 10.1 Å². The number of likely N-dealkylation sites (N-methyl/N-ethyl adjacent to an activating group) is 1. The maximum Gasteiger partial charge on any atom is 0.241 e. The highest BCUT2D eigenvalue weighted by Gasteiger charge is 2.18. The van der Waals surface area contributed by atoms with Crippen LogP contribution in [0.3, 0.4) is 0 Å². The molecule has 0 unspecified atom stereocenters. The van der Waals surface area contributed by atoms with Gasteiger partial charge in [0.25, 0.3) is 0 Å². The summed E-state index contributed by atoms with van der Waals surface area (Å²) in [5, 5.41) is 3.62. The van der Waals surface area contributed by atoms with Crippen molar-refractivity contribution < 1.29 is 9.53 Å². The van der Waals surface area contributed by atoms with Crippen molar-refractivity contribution in [2.24, 2.45) is 0 Å². The van der Waals surface area contributed by atoms with Gasteiger partial charge in [-0.2, -0.15) is 0 Å². The van der Waals surface area contributed by atoms with E-state index in [1.807, 2.05) is 62.2 Å². The minimum atomic E-state index is -0.251. The van der Waals surface area contributed by atoms with E-state index >= 15 is 0 Å². The molecule has 0 radical (unpaired) electrons. The highest BCUT2D eigenvalue weighted by Crippen LogP contribution is 2.15. The van der Waals surface area contributed by atoms with Crippen LogP contribution in [-0.4, -0.2) is 37.0 Å². The summed E-state index contributed by atoms with van der Waals surface area (Å²) in [5.74, 6) is 0.735. The van der Waals surface area contributed by atoms with Gasteiger partial charge in [0.05, 0.1) is 6.04 Å². The number of nitrogens with one attached hydrogen (secondary N) is 1. The summed E-state index contributed by atoms with van der Waals surface area (Å²) < 4.78 is 5.66. The molecule has 0 bridgehead atoms. The second kappa shape index (κ2) is 8.71. The molecular formula is C19H23ClN2O2. The molecule has 0 fully saturated rings. The molecule has 0 saturated carbocycles. The van der Waals surface area contributed by atoms with E-state index < -0.39 is 0 Å². The average molecular weight is 347 g/mol. The lowest BCUT2D eigenvalue weighted by atomic mass is 10.2. The Morgan fingerprint density at radius 2 is 1.96 bits per heavy atom. The molecular weight excluding hydrogens is 324 g/mol. The van der Waals surface area contributed by atoms with Gasteiger partial charge in [0.2, 0.25) is 5.91 Å². The van der Waals surface area contributed by atoms with Crippen molar-refractivity contribution in [1.29, 1.82) is 0 Å². The Morgan fingerprint density at radius 1 is 1.25 bits per heavy atom. The van der Waals surface area contributed by atoms with E-state index in [0.29, 0.717) is 18.2 Å². The molecule has 1 N–H and O–H groups in total. The first kappa shape index (κ1) is 18.3. The average Bonchev–Trinajstić information content (AvgIpc) is 2.56. The molecule has 5 heteroatoms. The molecule has 2 aromatic carbocycles. The minimum Gasteiger partial charge on any atom is -0.492 e. The van der Waals surface area contributed by atoms with Crippen LogP contribution >= 0.6 is 11.6 Å². The number of carbonyl (C=O) groups is 1. The number of hydrogen-bond acceptors (Lipinski definition) is 3. The molecule has 0 aliphatic rings. The molecule has 0 aliphatic heterocycles. The number of ether oxygens (including phenoxy) is 1. The second-order valence-electron chi connectivity index (χ2n) is 5.82. The highest BCUT2D eigenvalue weighted by molar-refractivity contribution is 6.30. The van der Waals surface area contributed by atoms with Crippen LogP contribution in [0.2, 0.25) is 5.02 Å². The van der Waals surface area contributed by atoms with E-state index in [9.17, 15) is 4.79 Å². The van der Waals surface area contributed by atoms with Crippen LogP contribution in [0, 0.1) is 6.92 Å². The fourth-order valence-corrected chi connectivity index (χ4v) is 2.33. The number of rotatable bonds is 7. The second-order valence-corrected chi connectivity index (χ2v) is 6.25. The zero-order valence-corrected chi connectivity index (χ0v) is 15.0. The highest BCUT2D eigenvalue weighted by atomic mass is 35.5. The Bertz CT molecular complexity index is 673. The maximum atomic E-state index is 12.3. The summed E-state index contributed by atoms with van der Waals surface area (Å²) in [6, 6.07) is 14.8. The van der Waals surface area contributed by atoms with Crippen molar-refractivity contribution in [3.8, 4) is 5.75 Å². The summed E-state index contributed by atoms with van der Waals surface area (Å²) >= 11 is 5.84. The molecule has 0 aliphatic carbocycles. The van der Waals surface area contributed by atoms with Gasteiger partial charge in [0, 0.05) is 17.3 Å². The van der Waals surface area contributed by atoms with Gasteiger partial charge in [-0.15, -0.1) is 0 Å². The maximum absolute atomic E-state index is 12.3. The lowest BCUT2D eigenvalue weighted by Gasteiger charge is -2.24. The summed E-state index contributed by atoms with van der Waals surface area (Å²) in [6.07, 6.45) is 0. The van der Waals surface area contributed by atoms with E-state index in [-0.39, 0.29) is 11.9 Å². The topological polar surface area (TPSA) is 41.6 Å². The predicted octanol–water partition coefficient (Wildman–Crippen LogP) is 3.99. The Labute approximate surface area is 148 Å². The number of benzene rings is 2. The van der Waals surface area contributed by atoms with Crippen LogP contribution in [-0.2, 0) is 4.79 Å². The third-order valence-electron chi connectivity index (χ3n) is 3.85. The molecule has 128 valence electrons. The van der Waals surface area contributed by atoms with Gasteiger partial charge in [0.15, 0.2) is 0 Å². The fraction of sp³-hybridized carbons (Fsp3) is 0.316. The Hall–Kier alpha value is -2.04. The summed E-state index contributed by atoms with van der Waals surface area (Å²) in [4.78, 5) is 14.3. The van der Waals surface area contributed by atoms with E-state index in [1.165, 1.54) is 0 Å². The zero-order valence-electron chi connectivity index (χ0n) is 14.3. The SMILES string of the molecule is Cc1cccc(NC(=O)[C@H](C)N(C)CCOc2ccc(Cl)cc2)c1. The molecule has 4 nitrogen and oxygen atoms in total. The Morgan fingerprint density at radius 3 is 2.62 bits per heavy atom. The smallest absolute Gasteiger partial charge is 0.241 e. The van der Waals surface area contributed by atoms with Crippen LogP contribution in [0.25, 0.3) is 0 Å². The van der Waals surface area contributed by atoms with E-state index in [0.717, 1.165) is 17.0 Å². The molecule has 0 aromatic heterocycles. The third-order valence-corrected chi connectivity index (χ3v) is 4.10. The Kier molecular flexibility index (Phi) is 6.64. The molecule has 0 saturated heterocycles. The van der Waals surface area contributed by atoms with Crippen molar-refractivity contribution >= 4 is 23.2 Å². The molecule has 0 spiro atoms. The molecule has 2 rings (SSSR count). The Balaban J connectivity index is 1.79. The molecule has 1 atom stereocenters. The molecule has 1 amide bonds. The number of nitrogens with zero attached hydrogens (tertiary/aromatic N) is 1. The number of halogens is 1. The molecule has 0 heterocycles. The van der Waals surface area contributed by atoms with Gasteiger partial charge in [-0.1, -0.05) is 23.7 Å². The van der Waals surface area contributed by atoms with Crippen LogP contribution < -0.4 is 10.1 Å². The number of hydrogen-bond donors (Lipinski definition) is 1. The number of amides is 1. The van der Waals surface area contributed by atoms with Crippen LogP contribution in [0.5, 0.6) is 5.75 Å². The third kappa shape index (κ3) is 5.55. The lowest BCUT2D eigenvalue weighted by Crippen LogP contribution is -2.41. The van der Waals surface area contributed by atoms with Crippen LogP contribution in [0.4, 0.5) is 5.69 Å². The molecule has 2 aromatic rings. The van der Waals surface area contributed by atoms with Crippen molar-refractivity contribution in [2.75, 3.05) is 25.5 Å². The standard InChI is InChI=1S/C19H23ClN2O2/c1-14-5-4-6-17(13-14)21-19(23)15(2)22(3)11-12-24-18-9-7-16(20)8-10-18/h4-10,13,15H,11-12H2,1-3H3,(H,21,23)/t15-/m0/s1. The van der Waals surface area contributed by atoms with Crippen molar-refractivity contribution in [2.45, 2.75) is 19.9 Å². The quantitative estimate of drug-likeness (QED) is 0.824. The van der Waals surface area contributed by atoms with E-state index in [4.69, 9.17) is 16.3 Å². The van der Waals surface area contributed by atoms with Crippen LogP contribution in [0.15, 0.2) is 48.5 Å². The first-order valence-electron chi connectivity index (χ1n) is 7.92. The lowest BCUT2D eigenvalue weighted by molar-refractivity contribution is -0.120. The molecule has 24 heavy (non-hydrogen) atoms. The normalized spacial score (nSPS) is 12.0. The van der Waals surface area contributed by atoms with Gasteiger partial charge in [-0.25, -0.2) is 0 Å². The number of aryl methyl sites for hydroxylation is 1. The van der Waals surface area contributed by atoms with E-state index in [1.54, 1.807) is 12.1 Å². The minimum absolute atomic E-state index is 0.0328. The predicted molar refractivity (Wildman–Crippen MR) is 98.8 cm³/mol. The summed E-state index contributed by atoms with van der Waals surface area (Å²) in [6.45, 7) is 5.03.